The van der Waals surface area contributed by atoms with Gasteiger partial charge in [0.25, 0.3) is 0 Å². The fraction of sp³-hybridized carbons (Fsp3) is 0.455. The molecule has 0 bridgehead atoms. The summed E-state index contributed by atoms with van der Waals surface area (Å²) in [4.78, 5) is 0. The Bertz CT molecular complexity index is 261. The second kappa shape index (κ2) is 7.56. The molecule has 1 aliphatic heterocycles. The summed E-state index contributed by atoms with van der Waals surface area (Å²) in [6.07, 6.45) is 1.69. The molecule has 0 aliphatic carbocycles. The summed E-state index contributed by atoms with van der Waals surface area (Å²) >= 11 is 3.53. The number of fused-ring (bicyclic) bond motifs is 1. The molecule has 0 N–H and O–H groups in total. The number of ether oxygens (including phenoxy) is 2. The van der Waals surface area contributed by atoms with E-state index in [9.17, 15) is 0 Å². The lowest BCUT2D eigenvalue weighted by Gasteiger charge is -1.94. The molecule has 1 aliphatic rings. The van der Waals surface area contributed by atoms with Crippen LogP contribution >= 0.6 is 12.6 Å². The summed E-state index contributed by atoms with van der Waals surface area (Å²) in [5, 5.41) is 0. The van der Waals surface area contributed by atoms with Crippen molar-refractivity contribution in [2.45, 2.75) is 20.8 Å². The Hall–Kier alpha value is -0.830. The first-order valence-electron chi connectivity index (χ1n) is 4.67. The van der Waals surface area contributed by atoms with E-state index in [1.54, 1.807) is 6.26 Å². The maximum absolute atomic E-state index is 5.16. The third kappa shape index (κ3) is 3.50. The van der Waals surface area contributed by atoms with E-state index in [1.165, 1.54) is 5.56 Å². The van der Waals surface area contributed by atoms with Crippen molar-refractivity contribution in [1.29, 1.82) is 0 Å². The average Bonchev–Trinajstić information content (AvgIpc) is 2.71. The Morgan fingerprint density at radius 2 is 1.64 bits per heavy atom. The molecule has 14 heavy (non-hydrogen) atoms. The van der Waals surface area contributed by atoms with Gasteiger partial charge in [0.2, 0.25) is 6.79 Å². The molecular formula is C11H18O2S. The first-order valence-corrected chi connectivity index (χ1v) is 5.57. The molecule has 0 amide bonds. The number of rotatable bonds is 0. The quantitative estimate of drug-likeness (QED) is 0.668. The first-order chi connectivity index (χ1) is 6.86. The predicted octanol–water partition coefficient (Wildman–Crippen LogP) is 3.30. The summed E-state index contributed by atoms with van der Waals surface area (Å²) in [7, 11) is 0. The van der Waals surface area contributed by atoms with Gasteiger partial charge in [-0.05, 0) is 30.9 Å². The smallest absolute Gasteiger partial charge is 0.231 e. The van der Waals surface area contributed by atoms with E-state index in [4.69, 9.17) is 9.47 Å². The van der Waals surface area contributed by atoms with Crippen molar-refractivity contribution in [1.82, 2.24) is 0 Å². The zero-order chi connectivity index (χ0) is 11.0. The lowest BCUT2D eigenvalue weighted by molar-refractivity contribution is 0.174. The van der Waals surface area contributed by atoms with Crippen molar-refractivity contribution < 1.29 is 9.47 Å². The van der Waals surface area contributed by atoms with E-state index in [2.05, 4.69) is 12.6 Å². The Labute approximate surface area is 91.6 Å². The molecule has 0 fully saturated rings. The molecular weight excluding hydrogens is 196 g/mol. The molecule has 0 saturated heterocycles. The standard InChI is InChI=1S/C8H8O2.C2H6.CH4S/c1-6-2-3-7-8(4-6)10-5-9-7;2*1-2/h2-4H,5H2,1H3;1-2H3;2H,1H3. The zero-order valence-corrected chi connectivity index (χ0v) is 10.1. The molecule has 0 saturated carbocycles. The largest absolute Gasteiger partial charge is 0.454 e. The van der Waals surface area contributed by atoms with Crippen LogP contribution in [0.25, 0.3) is 0 Å². The van der Waals surface area contributed by atoms with Crippen LogP contribution in [-0.2, 0) is 0 Å². The van der Waals surface area contributed by atoms with Gasteiger partial charge in [-0.15, -0.1) is 0 Å². The van der Waals surface area contributed by atoms with E-state index in [0.29, 0.717) is 6.79 Å². The molecule has 0 spiro atoms. The van der Waals surface area contributed by atoms with Gasteiger partial charge >= 0.3 is 0 Å². The molecule has 0 aromatic heterocycles. The molecule has 0 unspecified atom stereocenters. The minimum atomic E-state index is 0.360. The maximum atomic E-state index is 5.16. The second-order valence-corrected chi connectivity index (χ2v) is 2.36. The fourth-order valence-corrected chi connectivity index (χ4v) is 1.00. The molecule has 1 aromatic rings. The van der Waals surface area contributed by atoms with Gasteiger partial charge in [0, 0.05) is 0 Å². The lowest BCUT2D eigenvalue weighted by Crippen LogP contribution is -1.92. The maximum Gasteiger partial charge on any atom is 0.231 e. The summed E-state index contributed by atoms with van der Waals surface area (Å²) in [6.45, 7) is 6.39. The van der Waals surface area contributed by atoms with Crippen LogP contribution in [0.15, 0.2) is 18.2 Å². The van der Waals surface area contributed by atoms with Gasteiger partial charge in [0.15, 0.2) is 11.5 Å². The Kier molecular flexibility index (Phi) is 7.11. The summed E-state index contributed by atoms with van der Waals surface area (Å²) in [6, 6.07) is 5.91. The SMILES string of the molecule is CC.CS.Cc1ccc2c(c1)OCO2. The predicted molar refractivity (Wildman–Crippen MR) is 63.6 cm³/mol. The molecule has 0 atom stereocenters. The average molecular weight is 214 g/mol. The van der Waals surface area contributed by atoms with Gasteiger partial charge in [-0.25, -0.2) is 0 Å². The van der Waals surface area contributed by atoms with Crippen molar-refractivity contribution in [2.75, 3.05) is 13.0 Å². The molecule has 1 aromatic carbocycles. The van der Waals surface area contributed by atoms with Crippen LogP contribution in [0.3, 0.4) is 0 Å². The van der Waals surface area contributed by atoms with Crippen LogP contribution in [0.5, 0.6) is 11.5 Å². The van der Waals surface area contributed by atoms with Gasteiger partial charge in [0.05, 0.1) is 0 Å². The Balaban J connectivity index is 0.000000379. The van der Waals surface area contributed by atoms with Gasteiger partial charge in [-0.2, -0.15) is 12.6 Å². The zero-order valence-electron chi connectivity index (χ0n) is 9.20. The van der Waals surface area contributed by atoms with Crippen molar-refractivity contribution in [3.63, 3.8) is 0 Å². The van der Waals surface area contributed by atoms with Crippen LogP contribution < -0.4 is 9.47 Å². The monoisotopic (exact) mass is 214 g/mol. The molecule has 3 heteroatoms. The highest BCUT2D eigenvalue weighted by atomic mass is 32.1. The normalized spacial score (nSPS) is 10.6. The van der Waals surface area contributed by atoms with Crippen molar-refractivity contribution in [3.05, 3.63) is 23.8 Å². The van der Waals surface area contributed by atoms with Crippen molar-refractivity contribution >= 4 is 12.6 Å². The molecule has 0 radical (unpaired) electrons. The van der Waals surface area contributed by atoms with Gasteiger partial charge in [-0.3, -0.25) is 0 Å². The van der Waals surface area contributed by atoms with Crippen LogP contribution in [0, 0.1) is 6.92 Å². The van der Waals surface area contributed by atoms with Gasteiger partial charge in [0.1, 0.15) is 0 Å². The van der Waals surface area contributed by atoms with Gasteiger partial charge < -0.3 is 9.47 Å². The number of thiol groups is 1. The highest BCUT2D eigenvalue weighted by Crippen LogP contribution is 2.31. The van der Waals surface area contributed by atoms with E-state index >= 15 is 0 Å². The lowest BCUT2D eigenvalue weighted by atomic mass is 10.2. The fourth-order valence-electron chi connectivity index (χ4n) is 1.00. The van der Waals surface area contributed by atoms with Crippen molar-refractivity contribution in [2.24, 2.45) is 0 Å². The second-order valence-electron chi connectivity index (χ2n) is 2.36. The van der Waals surface area contributed by atoms with Crippen LogP contribution in [0.4, 0.5) is 0 Å². The van der Waals surface area contributed by atoms with E-state index in [0.717, 1.165) is 11.5 Å². The third-order valence-corrected chi connectivity index (χ3v) is 1.53. The summed E-state index contributed by atoms with van der Waals surface area (Å²) in [5.41, 5.74) is 1.20. The molecule has 1 heterocycles. The molecule has 2 rings (SSSR count). The number of hydrogen-bond acceptors (Lipinski definition) is 3. The topological polar surface area (TPSA) is 18.5 Å². The number of benzene rings is 1. The molecule has 80 valence electrons. The number of hydrogen-bond donors (Lipinski definition) is 1. The summed E-state index contributed by atoms with van der Waals surface area (Å²) in [5.74, 6) is 1.71. The van der Waals surface area contributed by atoms with Crippen molar-refractivity contribution in [3.8, 4) is 11.5 Å². The van der Waals surface area contributed by atoms with E-state index in [1.807, 2.05) is 39.0 Å². The van der Waals surface area contributed by atoms with Crippen LogP contribution in [0.1, 0.15) is 19.4 Å². The first kappa shape index (κ1) is 13.2. The Morgan fingerprint density at radius 1 is 1.07 bits per heavy atom. The van der Waals surface area contributed by atoms with E-state index in [-0.39, 0.29) is 0 Å². The minimum Gasteiger partial charge on any atom is -0.454 e. The summed E-state index contributed by atoms with van der Waals surface area (Å²) < 4.78 is 10.3. The minimum absolute atomic E-state index is 0.360. The van der Waals surface area contributed by atoms with Gasteiger partial charge in [-0.1, -0.05) is 19.9 Å². The highest BCUT2D eigenvalue weighted by molar-refractivity contribution is 7.79. The Morgan fingerprint density at radius 3 is 2.29 bits per heavy atom. The highest BCUT2D eigenvalue weighted by Gasteiger charge is 2.11. The molecule has 2 nitrogen and oxygen atoms in total. The number of aryl methyl sites for hydroxylation is 1. The third-order valence-electron chi connectivity index (χ3n) is 1.53. The van der Waals surface area contributed by atoms with Crippen LogP contribution in [-0.4, -0.2) is 13.0 Å². The van der Waals surface area contributed by atoms with Crippen LogP contribution in [0.2, 0.25) is 0 Å². The van der Waals surface area contributed by atoms with E-state index < -0.39 is 0 Å².